The fourth-order valence-electron chi connectivity index (χ4n) is 3.77. The van der Waals surface area contributed by atoms with Crippen molar-refractivity contribution >= 4 is 23.3 Å². The van der Waals surface area contributed by atoms with Gasteiger partial charge in [0.25, 0.3) is 0 Å². The summed E-state index contributed by atoms with van der Waals surface area (Å²) in [5.41, 5.74) is 1.91. The number of carbonyl (C=O) groups excluding carboxylic acids is 2. The number of nitrogens with one attached hydrogen (secondary N) is 2. The van der Waals surface area contributed by atoms with Crippen molar-refractivity contribution in [2.75, 3.05) is 30.3 Å². The lowest BCUT2D eigenvalue weighted by molar-refractivity contribution is -0.120. The largest absolute Gasteiger partial charge is 0.494 e. The Morgan fingerprint density at radius 2 is 2.00 bits per heavy atom. The molecule has 1 spiro atoms. The maximum Gasteiger partial charge on any atom is 0.321 e. The number of ether oxygens (including phenoxy) is 1. The second-order valence-electron chi connectivity index (χ2n) is 6.64. The summed E-state index contributed by atoms with van der Waals surface area (Å²) in [6, 6.07) is 14.8. The SMILES string of the molecule is CCOc1ccc(NC(=O)N2CCC3(C2)C(=O)Nc2ccccc23)cc1. The number of urea groups is 1. The van der Waals surface area contributed by atoms with Crippen LogP contribution in [0.15, 0.2) is 48.5 Å². The maximum atomic E-state index is 12.6. The Balaban J connectivity index is 1.47. The zero-order chi connectivity index (χ0) is 18.1. The standard InChI is InChI=1S/C20H21N3O3/c1-2-26-15-9-7-14(8-10-15)21-19(25)23-12-11-20(13-23)16-5-3-4-6-17(16)22-18(20)24/h3-10H,2,11-13H2,1H3,(H,21,25)(H,22,24). The molecule has 0 aliphatic carbocycles. The van der Waals surface area contributed by atoms with E-state index in [4.69, 9.17) is 4.74 Å². The van der Waals surface area contributed by atoms with Crippen LogP contribution >= 0.6 is 0 Å². The van der Waals surface area contributed by atoms with Gasteiger partial charge in [-0.2, -0.15) is 0 Å². The molecule has 1 fully saturated rings. The fraction of sp³-hybridized carbons (Fsp3) is 0.300. The third kappa shape index (κ3) is 2.67. The minimum Gasteiger partial charge on any atom is -0.494 e. The van der Waals surface area contributed by atoms with E-state index in [0.29, 0.717) is 31.8 Å². The van der Waals surface area contributed by atoms with Gasteiger partial charge in [0.1, 0.15) is 5.75 Å². The topological polar surface area (TPSA) is 70.7 Å². The van der Waals surface area contributed by atoms with Crippen LogP contribution in [0.25, 0.3) is 0 Å². The van der Waals surface area contributed by atoms with E-state index in [0.717, 1.165) is 17.0 Å². The summed E-state index contributed by atoms with van der Waals surface area (Å²) >= 11 is 0. The second-order valence-corrected chi connectivity index (χ2v) is 6.64. The zero-order valence-corrected chi connectivity index (χ0v) is 14.6. The summed E-state index contributed by atoms with van der Waals surface area (Å²) in [5.74, 6) is 0.750. The molecule has 3 amide bonds. The Kier molecular flexibility index (Phi) is 4.03. The Morgan fingerprint density at radius 1 is 1.23 bits per heavy atom. The number of hydrogen-bond acceptors (Lipinski definition) is 3. The Morgan fingerprint density at radius 3 is 2.77 bits per heavy atom. The van der Waals surface area contributed by atoms with Gasteiger partial charge in [-0.1, -0.05) is 18.2 Å². The first-order valence-corrected chi connectivity index (χ1v) is 8.82. The number of carbonyl (C=O) groups is 2. The van der Waals surface area contributed by atoms with Gasteiger partial charge in [-0.25, -0.2) is 4.79 Å². The zero-order valence-electron chi connectivity index (χ0n) is 14.6. The molecule has 2 heterocycles. The quantitative estimate of drug-likeness (QED) is 0.892. The van der Waals surface area contributed by atoms with Crippen molar-refractivity contribution in [2.24, 2.45) is 0 Å². The third-order valence-corrected chi connectivity index (χ3v) is 5.10. The van der Waals surface area contributed by atoms with Crippen LogP contribution < -0.4 is 15.4 Å². The molecule has 0 saturated carbocycles. The van der Waals surface area contributed by atoms with E-state index < -0.39 is 5.41 Å². The van der Waals surface area contributed by atoms with Gasteiger partial charge in [0.15, 0.2) is 0 Å². The van der Waals surface area contributed by atoms with E-state index in [-0.39, 0.29) is 11.9 Å². The number of nitrogens with zero attached hydrogens (tertiary/aromatic N) is 1. The summed E-state index contributed by atoms with van der Waals surface area (Å²) in [6.07, 6.45) is 0.631. The first-order chi connectivity index (χ1) is 12.6. The number of hydrogen-bond donors (Lipinski definition) is 2. The van der Waals surface area contributed by atoms with Crippen molar-refractivity contribution in [1.29, 1.82) is 0 Å². The molecule has 134 valence electrons. The van der Waals surface area contributed by atoms with Gasteiger partial charge in [-0.3, -0.25) is 4.79 Å². The van der Waals surface area contributed by atoms with Crippen LogP contribution in [0.3, 0.4) is 0 Å². The monoisotopic (exact) mass is 351 g/mol. The molecular formula is C20H21N3O3. The molecule has 4 rings (SSSR count). The van der Waals surface area contributed by atoms with Gasteiger partial charge in [0.2, 0.25) is 5.91 Å². The van der Waals surface area contributed by atoms with Gasteiger partial charge in [-0.15, -0.1) is 0 Å². The van der Waals surface area contributed by atoms with Crippen LogP contribution in [0, 0.1) is 0 Å². The van der Waals surface area contributed by atoms with E-state index in [1.54, 1.807) is 4.90 Å². The predicted molar refractivity (Wildman–Crippen MR) is 99.6 cm³/mol. The molecule has 26 heavy (non-hydrogen) atoms. The number of fused-ring (bicyclic) bond motifs is 2. The smallest absolute Gasteiger partial charge is 0.321 e. The molecule has 2 aromatic carbocycles. The van der Waals surface area contributed by atoms with Crippen LogP contribution in [0.2, 0.25) is 0 Å². The Hall–Kier alpha value is -3.02. The third-order valence-electron chi connectivity index (χ3n) is 5.10. The van der Waals surface area contributed by atoms with Crippen LogP contribution in [-0.4, -0.2) is 36.5 Å². The molecule has 0 aromatic heterocycles. The molecule has 1 unspecified atom stereocenters. The number of rotatable bonds is 3. The van der Waals surface area contributed by atoms with Gasteiger partial charge in [-0.05, 0) is 49.2 Å². The molecular weight excluding hydrogens is 330 g/mol. The van der Waals surface area contributed by atoms with Crippen LogP contribution in [0.5, 0.6) is 5.75 Å². The highest BCUT2D eigenvalue weighted by molar-refractivity contribution is 6.07. The molecule has 1 atom stereocenters. The predicted octanol–water partition coefficient (Wildman–Crippen LogP) is 3.21. The highest BCUT2D eigenvalue weighted by Crippen LogP contribution is 2.44. The Bertz CT molecular complexity index is 850. The maximum absolute atomic E-state index is 12.6. The van der Waals surface area contributed by atoms with Gasteiger partial charge in [0.05, 0.1) is 12.0 Å². The van der Waals surface area contributed by atoms with Crippen molar-refractivity contribution in [3.8, 4) is 5.75 Å². The van der Waals surface area contributed by atoms with E-state index in [9.17, 15) is 9.59 Å². The van der Waals surface area contributed by atoms with Gasteiger partial charge < -0.3 is 20.3 Å². The van der Waals surface area contributed by atoms with E-state index in [1.165, 1.54) is 0 Å². The van der Waals surface area contributed by atoms with E-state index >= 15 is 0 Å². The summed E-state index contributed by atoms with van der Waals surface area (Å²) in [7, 11) is 0. The molecule has 6 nitrogen and oxygen atoms in total. The molecule has 2 aliphatic rings. The molecule has 0 radical (unpaired) electrons. The number of para-hydroxylation sites is 1. The normalized spacial score (nSPS) is 20.8. The van der Waals surface area contributed by atoms with Crippen LogP contribution in [0.1, 0.15) is 18.9 Å². The highest BCUT2D eigenvalue weighted by Gasteiger charge is 2.51. The Labute approximate surface area is 152 Å². The number of benzene rings is 2. The molecule has 6 heteroatoms. The van der Waals surface area contributed by atoms with E-state index in [2.05, 4.69) is 10.6 Å². The molecule has 2 N–H and O–H groups in total. The van der Waals surface area contributed by atoms with Crippen molar-refractivity contribution in [3.05, 3.63) is 54.1 Å². The lowest BCUT2D eigenvalue weighted by Crippen LogP contribution is -2.40. The second kappa shape index (κ2) is 6.37. The van der Waals surface area contributed by atoms with Crippen molar-refractivity contribution in [2.45, 2.75) is 18.8 Å². The molecule has 0 bridgehead atoms. The van der Waals surface area contributed by atoms with Crippen LogP contribution in [-0.2, 0) is 10.2 Å². The first kappa shape index (κ1) is 16.4. The lowest BCUT2D eigenvalue weighted by atomic mass is 9.81. The highest BCUT2D eigenvalue weighted by atomic mass is 16.5. The van der Waals surface area contributed by atoms with Crippen molar-refractivity contribution in [1.82, 2.24) is 4.90 Å². The van der Waals surface area contributed by atoms with Crippen molar-refractivity contribution < 1.29 is 14.3 Å². The fourth-order valence-corrected chi connectivity index (χ4v) is 3.77. The summed E-state index contributed by atoms with van der Waals surface area (Å²) in [6.45, 7) is 3.46. The van der Waals surface area contributed by atoms with Gasteiger partial charge >= 0.3 is 6.03 Å². The summed E-state index contributed by atoms with van der Waals surface area (Å²) in [5, 5.41) is 5.84. The molecule has 2 aromatic rings. The number of anilines is 2. The average molecular weight is 351 g/mol. The van der Waals surface area contributed by atoms with E-state index in [1.807, 2.05) is 55.5 Å². The minimum atomic E-state index is -0.632. The summed E-state index contributed by atoms with van der Waals surface area (Å²) < 4.78 is 5.41. The van der Waals surface area contributed by atoms with Gasteiger partial charge in [0, 0.05) is 24.5 Å². The first-order valence-electron chi connectivity index (χ1n) is 8.82. The number of amides is 3. The van der Waals surface area contributed by atoms with Crippen LogP contribution in [0.4, 0.5) is 16.2 Å². The minimum absolute atomic E-state index is 0.0185. The van der Waals surface area contributed by atoms with Crippen molar-refractivity contribution in [3.63, 3.8) is 0 Å². The summed E-state index contributed by atoms with van der Waals surface area (Å²) in [4.78, 5) is 26.9. The lowest BCUT2D eigenvalue weighted by Gasteiger charge is -2.22. The average Bonchev–Trinajstić information content (AvgIpc) is 3.21. The molecule has 2 aliphatic heterocycles. The number of likely N-dealkylation sites (tertiary alicyclic amines) is 1. The molecule has 1 saturated heterocycles.